The number of carbonyl (C=O) groups is 2. The van der Waals surface area contributed by atoms with Crippen molar-refractivity contribution in [2.45, 2.75) is 45.7 Å². The van der Waals surface area contributed by atoms with Gasteiger partial charge in [0.2, 0.25) is 21.8 Å². The third-order valence-electron chi connectivity index (χ3n) is 7.36. The number of amides is 2. The lowest BCUT2D eigenvalue weighted by atomic mass is 10.0. The molecular formula is C36H41N3O5S. The van der Waals surface area contributed by atoms with Gasteiger partial charge in [-0.15, -0.1) is 0 Å². The third kappa shape index (κ3) is 9.94. The van der Waals surface area contributed by atoms with Gasteiger partial charge in [-0.05, 0) is 60.9 Å². The van der Waals surface area contributed by atoms with Crippen LogP contribution in [-0.2, 0) is 32.6 Å². The molecule has 4 aromatic carbocycles. The van der Waals surface area contributed by atoms with Crippen LogP contribution in [0.15, 0.2) is 109 Å². The van der Waals surface area contributed by atoms with Crippen LogP contribution in [0.4, 0.5) is 5.69 Å². The van der Waals surface area contributed by atoms with Crippen LogP contribution in [-0.4, -0.2) is 50.5 Å². The van der Waals surface area contributed by atoms with E-state index < -0.39 is 28.5 Å². The number of hydrogen-bond donors (Lipinski definition) is 1. The molecule has 0 fully saturated rings. The molecule has 0 aliphatic rings. The van der Waals surface area contributed by atoms with Gasteiger partial charge in [-0.2, -0.15) is 0 Å². The number of ether oxygens (including phenoxy) is 1. The fourth-order valence-electron chi connectivity index (χ4n) is 4.87. The number of hydrogen-bond acceptors (Lipinski definition) is 5. The van der Waals surface area contributed by atoms with Gasteiger partial charge in [0.1, 0.15) is 24.1 Å². The highest BCUT2D eigenvalue weighted by Crippen LogP contribution is 2.26. The molecule has 236 valence electrons. The van der Waals surface area contributed by atoms with Crippen LogP contribution in [0.5, 0.6) is 11.5 Å². The zero-order chi connectivity index (χ0) is 32.2. The number of unbranched alkanes of at least 4 members (excludes halogenated alkanes) is 1. The van der Waals surface area contributed by atoms with Crippen LogP contribution < -0.4 is 14.4 Å². The van der Waals surface area contributed by atoms with Crippen molar-refractivity contribution < 1.29 is 22.7 Å². The van der Waals surface area contributed by atoms with E-state index in [1.54, 1.807) is 24.3 Å². The molecule has 0 radical (unpaired) electrons. The Balaban J connectivity index is 1.66. The van der Waals surface area contributed by atoms with Crippen molar-refractivity contribution in [3.8, 4) is 11.5 Å². The molecule has 0 aliphatic carbocycles. The average Bonchev–Trinajstić information content (AvgIpc) is 3.03. The van der Waals surface area contributed by atoms with E-state index in [4.69, 9.17) is 4.74 Å². The monoisotopic (exact) mass is 627 g/mol. The van der Waals surface area contributed by atoms with Crippen molar-refractivity contribution in [1.82, 2.24) is 10.2 Å². The summed E-state index contributed by atoms with van der Waals surface area (Å²) in [6.07, 6.45) is 3.06. The average molecular weight is 628 g/mol. The summed E-state index contributed by atoms with van der Waals surface area (Å²) in [6, 6.07) is 32.2. The van der Waals surface area contributed by atoms with Gasteiger partial charge in [-0.25, -0.2) is 8.42 Å². The number of nitrogens with zero attached hydrogens (tertiary/aromatic N) is 2. The summed E-state index contributed by atoms with van der Waals surface area (Å²) in [4.78, 5) is 29.4. The number of benzene rings is 4. The van der Waals surface area contributed by atoms with Crippen molar-refractivity contribution in [1.29, 1.82) is 0 Å². The lowest BCUT2D eigenvalue weighted by molar-refractivity contribution is -0.140. The van der Waals surface area contributed by atoms with Crippen LogP contribution in [0.2, 0.25) is 0 Å². The molecule has 1 N–H and O–H groups in total. The van der Waals surface area contributed by atoms with Crippen molar-refractivity contribution in [2.75, 3.05) is 23.7 Å². The summed E-state index contributed by atoms with van der Waals surface area (Å²) in [6.45, 7) is 4.17. The first-order valence-electron chi connectivity index (χ1n) is 15.1. The first kappa shape index (κ1) is 33.3. The number of para-hydroxylation sites is 1. The highest BCUT2D eigenvalue weighted by Gasteiger charge is 2.33. The molecule has 8 nitrogen and oxygen atoms in total. The van der Waals surface area contributed by atoms with Gasteiger partial charge in [-0.3, -0.25) is 13.9 Å². The van der Waals surface area contributed by atoms with Gasteiger partial charge in [0.05, 0.1) is 11.9 Å². The van der Waals surface area contributed by atoms with Crippen molar-refractivity contribution in [2.24, 2.45) is 0 Å². The standard InChI is InChI=1S/C36H41N3O5S/c1-4-5-24-37-36(41)34(25-29-12-8-6-9-13-29)38(26-30-18-16-28(2)17-19-30)35(40)27-39(45(3,42)43)31-20-22-33(23-21-31)44-32-14-10-7-11-15-32/h6-23,34H,4-5,24-27H2,1-3H3,(H,37,41)/t34-/m0/s1. The maximum atomic E-state index is 14.2. The molecule has 1 atom stereocenters. The summed E-state index contributed by atoms with van der Waals surface area (Å²) in [5.74, 6) is 0.407. The minimum atomic E-state index is -3.87. The largest absolute Gasteiger partial charge is 0.457 e. The maximum absolute atomic E-state index is 14.2. The minimum Gasteiger partial charge on any atom is -0.457 e. The van der Waals surface area contributed by atoms with E-state index in [9.17, 15) is 18.0 Å². The van der Waals surface area contributed by atoms with Crippen molar-refractivity contribution in [3.05, 3.63) is 126 Å². The van der Waals surface area contributed by atoms with Crippen LogP contribution in [0.25, 0.3) is 0 Å². The molecule has 2 amide bonds. The van der Waals surface area contributed by atoms with Crippen LogP contribution in [0.3, 0.4) is 0 Å². The Hall–Kier alpha value is -4.63. The summed E-state index contributed by atoms with van der Waals surface area (Å²) < 4.78 is 33.1. The molecule has 4 aromatic rings. The molecule has 9 heteroatoms. The minimum absolute atomic E-state index is 0.138. The van der Waals surface area contributed by atoms with E-state index in [0.29, 0.717) is 23.7 Å². The van der Waals surface area contributed by atoms with Gasteiger partial charge >= 0.3 is 0 Å². The van der Waals surface area contributed by atoms with Crippen LogP contribution in [0.1, 0.15) is 36.5 Å². The normalized spacial score (nSPS) is 11.8. The second kappa shape index (κ2) is 15.9. The third-order valence-corrected chi connectivity index (χ3v) is 8.50. The summed E-state index contributed by atoms with van der Waals surface area (Å²) in [5, 5.41) is 3.00. The fourth-order valence-corrected chi connectivity index (χ4v) is 5.72. The van der Waals surface area contributed by atoms with Gasteiger partial charge < -0.3 is 15.0 Å². The molecular weight excluding hydrogens is 586 g/mol. The number of anilines is 1. The molecule has 0 unspecified atom stereocenters. The zero-order valence-corrected chi connectivity index (χ0v) is 26.9. The molecule has 0 saturated heterocycles. The molecule has 0 heterocycles. The summed E-state index contributed by atoms with van der Waals surface area (Å²) >= 11 is 0. The number of carbonyl (C=O) groups excluding carboxylic acids is 2. The zero-order valence-electron chi connectivity index (χ0n) is 26.1. The fraction of sp³-hybridized carbons (Fsp3) is 0.278. The van der Waals surface area contributed by atoms with E-state index in [1.807, 2.05) is 98.8 Å². The predicted octanol–water partition coefficient (Wildman–Crippen LogP) is 6.11. The highest BCUT2D eigenvalue weighted by molar-refractivity contribution is 7.92. The molecule has 45 heavy (non-hydrogen) atoms. The first-order chi connectivity index (χ1) is 21.6. The van der Waals surface area contributed by atoms with Gasteiger partial charge in [0.15, 0.2) is 0 Å². The Kier molecular flexibility index (Phi) is 11.8. The maximum Gasteiger partial charge on any atom is 0.244 e. The smallest absolute Gasteiger partial charge is 0.244 e. The number of nitrogens with one attached hydrogen (secondary N) is 1. The van der Waals surface area contributed by atoms with Gasteiger partial charge in [0, 0.05) is 19.5 Å². The van der Waals surface area contributed by atoms with E-state index in [2.05, 4.69) is 5.32 Å². The second-order valence-electron chi connectivity index (χ2n) is 11.0. The molecule has 0 saturated carbocycles. The Morgan fingerprint density at radius 2 is 1.40 bits per heavy atom. The highest BCUT2D eigenvalue weighted by atomic mass is 32.2. The van der Waals surface area contributed by atoms with E-state index in [1.165, 1.54) is 4.90 Å². The summed E-state index contributed by atoms with van der Waals surface area (Å²) in [5.41, 5.74) is 3.11. The number of rotatable bonds is 15. The quantitative estimate of drug-likeness (QED) is 0.161. The predicted molar refractivity (Wildman–Crippen MR) is 179 cm³/mol. The van der Waals surface area contributed by atoms with Crippen molar-refractivity contribution >= 4 is 27.5 Å². The summed E-state index contributed by atoms with van der Waals surface area (Å²) in [7, 11) is -3.87. The van der Waals surface area contributed by atoms with Crippen LogP contribution in [0, 0.1) is 6.92 Å². The second-order valence-corrected chi connectivity index (χ2v) is 12.9. The van der Waals surface area contributed by atoms with E-state index in [0.717, 1.165) is 40.1 Å². The molecule has 0 bridgehead atoms. The lowest BCUT2D eigenvalue weighted by Crippen LogP contribution is -2.53. The van der Waals surface area contributed by atoms with E-state index in [-0.39, 0.29) is 18.9 Å². The topological polar surface area (TPSA) is 96.0 Å². The molecule has 0 spiro atoms. The molecule has 0 aromatic heterocycles. The lowest BCUT2D eigenvalue weighted by Gasteiger charge is -2.33. The Bertz CT molecular complexity index is 1630. The Labute approximate surface area is 266 Å². The molecule has 0 aliphatic heterocycles. The van der Waals surface area contributed by atoms with Crippen molar-refractivity contribution in [3.63, 3.8) is 0 Å². The SMILES string of the molecule is CCCCNC(=O)[C@H](Cc1ccccc1)N(Cc1ccc(C)cc1)C(=O)CN(c1ccc(Oc2ccccc2)cc1)S(C)(=O)=O. The van der Waals surface area contributed by atoms with Crippen LogP contribution >= 0.6 is 0 Å². The van der Waals surface area contributed by atoms with E-state index >= 15 is 0 Å². The first-order valence-corrected chi connectivity index (χ1v) is 17.0. The van der Waals surface area contributed by atoms with Gasteiger partial charge in [-0.1, -0.05) is 91.7 Å². The van der Waals surface area contributed by atoms with Gasteiger partial charge in [0.25, 0.3) is 0 Å². The molecule has 4 rings (SSSR count). The Morgan fingerprint density at radius 1 is 0.800 bits per heavy atom. The Morgan fingerprint density at radius 3 is 2.00 bits per heavy atom. The number of sulfonamides is 1. The number of aryl methyl sites for hydroxylation is 1.